The molecule has 1 fully saturated rings. The maximum Gasteiger partial charge on any atom is 0.279 e. The third-order valence-corrected chi connectivity index (χ3v) is 7.82. The van der Waals surface area contributed by atoms with Crippen molar-refractivity contribution >= 4 is 33.1 Å². The van der Waals surface area contributed by atoms with E-state index in [-0.39, 0.29) is 5.91 Å². The Kier molecular flexibility index (Phi) is 5.77. The van der Waals surface area contributed by atoms with Gasteiger partial charge in [-0.05, 0) is 60.7 Å². The number of thiazole rings is 1. The van der Waals surface area contributed by atoms with E-state index in [1.165, 1.54) is 11.1 Å². The maximum absolute atomic E-state index is 12.6. The predicted molar refractivity (Wildman–Crippen MR) is 137 cm³/mol. The molecule has 2 aliphatic rings. The van der Waals surface area contributed by atoms with Crippen LogP contribution in [0.3, 0.4) is 0 Å². The van der Waals surface area contributed by atoms with Crippen LogP contribution in [0.5, 0.6) is 10.9 Å². The molecule has 6 heteroatoms. The Balaban J connectivity index is 1.00. The van der Waals surface area contributed by atoms with Crippen molar-refractivity contribution in [2.75, 3.05) is 24.5 Å². The molecule has 34 heavy (non-hydrogen) atoms. The molecule has 3 heterocycles. The van der Waals surface area contributed by atoms with Crippen molar-refractivity contribution in [1.82, 2.24) is 9.88 Å². The quantitative estimate of drug-likeness (QED) is 0.364. The van der Waals surface area contributed by atoms with Crippen molar-refractivity contribution in [3.63, 3.8) is 0 Å². The Labute approximate surface area is 203 Å². The van der Waals surface area contributed by atoms with E-state index in [1.54, 1.807) is 11.3 Å². The van der Waals surface area contributed by atoms with Crippen LogP contribution in [-0.2, 0) is 17.6 Å². The lowest BCUT2D eigenvalue weighted by Crippen LogP contribution is -2.46. The second-order valence-corrected chi connectivity index (χ2v) is 10.1. The number of benzene rings is 3. The van der Waals surface area contributed by atoms with Crippen LogP contribution in [0.15, 0.2) is 72.8 Å². The molecule has 6 rings (SSSR count). The van der Waals surface area contributed by atoms with Crippen molar-refractivity contribution in [2.45, 2.75) is 31.7 Å². The number of para-hydroxylation sites is 2. The van der Waals surface area contributed by atoms with Crippen LogP contribution in [-0.4, -0.2) is 41.5 Å². The monoisotopic (exact) mass is 469 g/mol. The highest BCUT2D eigenvalue weighted by Crippen LogP contribution is 2.34. The molecule has 1 saturated heterocycles. The summed E-state index contributed by atoms with van der Waals surface area (Å²) in [6.45, 7) is 3.11. The smallest absolute Gasteiger partial charge is 0.279 e. The van der Waals surface area contributed by atoms with E-state index < -0.39 is 0 Å². The molecule has 4 aromatic rings. The normalized spacial score (nSPS) is 16.8. The molecule has 2 aliphatic heterocycles. The van der Waals surface area contributed by atoms with Gasteiger partial charge < -0.3 is 14.5 Å². The predicted octanol–water partition coefficient (Wildman–Crippen LogP) is 5.68. The first-order valence-electron chi connectivity index (χ1n) is 12.0. The van der Waals surface area contributed by atoms with Crippen LogP contribution in [0.4, 0.5) is 5.69 Å². The van der Waals surface area contributed by atoms with Gasteiger partial charge in [-0.25, -0.2) is 4.98 Å². The van der Waals surface area contributed by atoms with E-state index in [1.807, 2.05) is 42.5 Å². The summed E-state index contributed by atoms with van der Waals surface area (Å²) in [6, 6.07) is 25.0. The van der Waals surface area contributed by atoms with Crippen molar-refractivity contribution < 1.29 is 9.53 Å². The molecule has 0 atom stereocenters. The molecule has 0 aliphatic carbocycles. The third kappa shape index (κ3) is 4.31. The van der Waals surface area contributed by atoms with Crippen LogP contribution >= 0.6 is 11.3 Å². The number of hydrogen-bond donors (Lipinski definition) is 0. The molecule has 3 aromatic carbocycles. The van der Waals surface area contributed by atoms with Crippen molar-refractivity contribution in [3.05, 3.63) is 83.9 Å². The minimum absolute atomic E-state index is 0.257. The number of carbonyl (C=O) groups is 1. The second kappa shape index (κ2) is 9.20. The average Bonchev–Trinajstić information content (AvgIpc) is 3.43. The fourth-order valence-electron chi connectivity index (χ4n) is 5.09. The lowest BCUT2D eigenvalue weighted by atomic mass is 10.0. The summed E-state index contributed by atoms with van der Waals surface area (Å²) in [4.78, 5) is 21.7. The Morgan fingerprint density at radius 3 is 2.53 bits per heavy atom. The summed E-state index contributed by atoms with van der Waals surface area (Å²) in [5.41, 5.74) is 4.58. The molecule has 0 radical (unpaired) electrons. The highest BCUT2D eigenvalue weighted by Gasteiger charge is 2.34. The number of anilines is 1. The SMILES string of the molecule is O=C1Cc2ccccc2N1C1CCN(CCc2ccc(Oc3nc4ccccc4s3)cc2)CC1. The Hall–Kier alpha value is -3.22. The minimum Gasteiger partial charge on any atom is -0.431 e. The standard InChI is InChI=1S/C28H27N3O2S/c32-27-19-21-5-1-3-7-25(21)31(27)22-14-17-30(18-15-22)16-13-20-9-11-23(12-10-20)33-28-29-24-6-2-4-8-26(24)34-28/h1-12,22H,13-19H2. The molecule has 0 unspecified atom stereocenters. The van der Waals surface area contributed by atoms with Crippen molar-refractivity contribution in [1.29, 1.82) is 0 Å². The number of hydrogen-bond acceptors (Lipinski definition) is 5. The van der Waals surface area contributed by atoms with E-state index >= 15 is 0 Å². The van der Waals surface area contributed by atoms with Crippen LogP contribution in [0.25, 0.3) is 10.2 Å². The molecule has 0 bridgehead atoms. The zero-order valence-electron chi connectivity index (χ0n) is 19.0. The molecular formula is C28H27N3O2S. The highest BCUT2D eigenvalue weighted by atomic mass is 32.1. The summed E-state index contributed by atoms with van der Waals surface area (Å²) in [5.74, 6) is 1.08. The second-order valence-electron chi connectivity index (χ2n) is 9.09. The first-order valence-corrected chi connectivity index (χ1v) is 12.8. The Bertz CT molecular complexity index is 1280. The topological polar surface area (TPSA) is 45.7 Å². The molecule has 0 N–H and O–H groups in total. The fourth-order valence-corrected chi connectivity index (χ4v) is 5.92. The van der Waals surface area contributed by atoms with Gasteiger partial charge in [0.15, 0.2) is 0 Å². The third-order valence-electron chi connectivity index (χ3n) is 6.90. The van der Waals surface area contributed by atoms with Gasteiger partial charge in [0.2, 0.25) is 5.91 Å². The van der Waals surface area contributed by atoms with Gasteiger partial charge in [-0.1, -0.05) is 53.8 Å². The molecule has 0 saturated carbocycles. The lowest BCUT2D eigenvalue weighted by molar-refractivity contribution is -0.118. The van der Waals surface area contributed by atoms with Crippen molar-refractivity contribution in [3.8, 4) is 10.9 Å². The number of carbonyl (C=O) groups excluding carboxylic acids is 1. The van der Waals surface area contributed by atoms with E-state index in [2.05, 4.69) is 45.1 Å². The van der Waals surface area contributed by atoms with E-state index in [9.17, 15) is 4.79 Å². The van der Waals surface area contributed by atoms with Gasteiger partial charge in [-0.15, -0.1) is 0 Å². The molecule has 1 aromatic heterocycles. The number of aromatic nitrogens is 1. The lowest BCUT2D eigenvalue weighted by Gasteiger charge is -2.37. The van der Waals surface area contributed by atoms with Crippen LogP contribution in [0.1, 0.15) is 24.0 Å². The van der Waals surface area contributed by atoms with Gasteiger partial charge in [-0.3, -0.25) is 4.79 Å². The first kappa shape index (κ1) is 21.3. The van der Waals surface area contributed by atoms with Gasteiger partial charge in [0.25, 0.3) is 5.19 Å². The van der Waals surface area contributed by atoms with Gasteiger partial charge in [0, 0.05) is 31.4 Å². The summed E-state index contributed by atoms with van der Waals surface area (Å²) in [6.07, 6.45) is 3.64. The van der Waals surface area contributed by atoms with E-state index in [4.69, 9.17) is 4.74 Å². The van der Waals surface area contributed by atoms with Gasteiger partial charge >= 0.3 is 0 Å². The van der Waals surface area contributed by atoms with Gasteiger partial charge in [-0.2, -0.15) is 0 Å². The van der Waals surface area contributed by atoms with Crippen LogP contribution < -0.4 is 9.64 Å². The number of ether oxygens (including phenoxy) is 1. The number of piperidine rings is 1. The fraction of sp³-hybridized carbons (Fsp3) is 0.286. The molecule has 0 spiro atoms. The number of nitrogens with zero attached hydrogens (tertiary/aromatic N) is 3. The number of amides is 1. The number of rotatable bonds is 6. The molecule has 172 valence electrons. The molecular weight excluding hydrogens is 442 g/mol. The summed E-state index contributed by atoms with van der Waals surface area (Å²) >= 11 is 1.57. The largest absolute Gasteiger partial charge is 0.431 e. The molecule has 1 amide bonds. The van der Waals surface area contributed by atoms with Gasteiger partial charge in [0.1, 0.15) is 5.75 Å². The maximum atomic E-state index is 12.6. The van der Waals surface area contributed by atoms with E-state index in [0.29, 0.717) is 17.7 Å². The van der Waals surface area contributed by atoms with Crippen molar-refractivity contribution in [2.24, 2.45) is 0 Å². The van der Waals surface area contributed by atoms with Crippen LogP contribution in [0.2, 0.25) is 0 Å². The first-order chi connectivity index (χ1) is 16.7. The highest BCUT2D eigenvalue weighted by molar-refractivity contribution is 7.20. The Morgan fingerprint density at radius 1 is 0.941 bits per heavy atom. The minimum atomic E-state index is 0.257. The number of fused-ring (bicyclic) bond motifs is 2. The summed E-state index contributed by atoms with van der Waals surface area (Å²) < 4.78 is 7.11. The zero-order valence-corrected chi connectivity index (χ0v) is 19.8. The summed E-state index contributed by atoms with van der Waals surface area (Å²) in [7, 11) is 0. The zero-order chi connectivity index (χ0) is 22.9. The number of likely N-dealkylation sites (tertiary alicyclic amines) is 1. The molecule has 5 nitrogen and oxygen atoms in total. The summed E-state index contributed by atoms with van der Waals surface area (Å²) in [5, 5.41) is 0.677. The van der Waals surface area contributed by atoms with Crippen LogP contribution in [0, 0.1) is 0 Å². The Morgan fingerprint density at radius 2 is 1.71 bits per heavy atom. The van der Waals surface area contributed by atoms with E-state index in [0.717, 1.165) is 60.6 Å². The van der Waals surface area contributed by atoms with Gasteiger partial charge in [0.05, 0.1) is 16.6 Å². The average molecular weight is 470 g/mol.